The molecule has 10 nitrogen and oxygen atoms in total. The van der Waals surface area contributed by atoms with Crippen molar-refractivity contribution in [1.82, 2.24) is 0 Å². The lowest BCUT2D eigenvalue weighted by molar-refractivity contribution is -0.870. The van der Waals surface area contributed by atoms with E-state index in [9.17, 15) is 9.59 Å². The Morgan fingerprint density at radius 3 is 1.08 bits per heavy atom. The van der Waals surface area contributed by atoms with Gasteiger partial charge in [-0.15, -0.1) is 0 Å². The summed E-state index contributed by atoms with van der Waals surface area (Å²) in [7, 11) is 7.19. The number of quaternary nitrogens is 2. The van der Waals surface area contributed by atoms with Crippen LogP contribution in [0.3, 0.4) is 0 Å². The molecular weight excluding hydrogens is 356 g/mol. The van der Waals surface area contributed by atoms with Crippen LogP contribution >= 0.6 is 0 Å². The zero-order valence-corrected chi connectivity index (χ0v) is 17.2. The lowest BCUT2D eigenvalue weighted by atomic mass is 10.5. The molecule has 0 aliphatic carbocycles. The number of esters is 2. The largest absolute Gasteiger partial charge is 0.759 e. The molecule has 0 unspecified atom stereocenters. The van der Waals surface area contributed by atoms with Crippen molar-refractivity contribution in [2.75, 3.05) is 68.6 Å². The van der Waals surface area contributed by atoms with Gasteiger partial charge < -0.3 is 27.5 Å². The van der Waals surface area contributed by atoms with Gasteiger partial charge in [-0.05, 0) is 0 Å². The summed E-state index contributed by atoms with van der Waals surface area (Å²) in [5, 5.41) is 0. The number of carbonyl (C=O) groups is 2. The van der Waals surface area contributed by atoms with Crippen LogP contribution in [0.2, 0.25) is 0 Å². The van der Waals surface area contributed by atoms with Gasteiger partial charge in [-0.2, -0.15) is 0 Å². The van der Waals surface area contributed by atoms with E-state index in [0.717, 1.165) is 22.1 Å². The SMILES string of the molecule is CC(=O)OCC[N+](C)(C)C.CC(=O)OCC[N+](C)(C)C.O=S(=O)([O-])[O-]. The second-order valence-corrected chi connectivity index (χ2v) is 7.93. The summed E-state index contributed by atoms with van der Waals surface area (Å²) in [6.45, 7) is 5.60. The molecular formula is C14H32N2O8S. The van der Waals surface area contributed by atoms with E-state index in [4.69, 9.17) is 27.0 Å². The van der Waals surface area contributed by atoms with E-state index in [-0.39, 0.29) is 11.9 Å². The molecule has 0 bridgehead atoms. The second-order valence-electron chi connectivity index (χ2n) is 7.12. The van der Waals surface area contributed by atoms with Gasteiger partial charge in [-0.25, -0.2) is 0 Å². The van der Waals surface area contributed by atoms with Crippen LogP contribution in [0.25, 0.3) is 0 Å². The number of ether oxygens (including phenoxy) is 2. The van der Waals surface area contributed by atoms with Crippen molar-refractivity contribution in [1.29, 1.82) is 0 Å². The maximum absolute atomic E-state index is 10.3. The Balaban J connectivity index is -0.000000308. The number of nitrogens with zero attached hydrogens (tertiary/aromatic N) is 2. The van der Waals surface area contributed by atoms with E-state index < -0.39 is 10.4 Å². The van der Waals surface area contributed by atoms with Crippen molar-refractivity contribution in [2.45, 2.75) is 13.8 Å². The first-order valence-corrected chi connectivity index (χ1v) is 8.71. The summed E-state index contributed by atoms with van der Waals surface area (Å²) in [5.74, 6) is -0.401. The smallest absolute Gasteiger partial charge is 0.302 e. The first-order valence-electron chi connectivity index (χ1n) is 7.38. The maximum atomic E-state index is 10.3. The lowest BCUT2D eigenvalue weighted by Crippen LogP contribution is -2.37. The molecule has 0 spiro atoms. The van der Waals surface area contributed by atoms with Crippen LogP contribution < -0.4 is 0 Å². The quantitative estimate of drug-likeness (QED) is 0.249. The minimum absolute atomic E-state index is 0.201. The predicted octanol–water partition coefficient (Wildman–Crippen LogP) is -0.827. The summed E-state index contributed by atoms with van der Waals surface area (Å²) in [6, 6.07) is 0. The molecule has 0 aliphatic heterocycles. The first-order chi connectivity index (χ1) is 10.8. The number of hydrogen-bond donors (Lipinski definition) is 0. The average molecular weight is 388 g/mol. The van der Waals surface area contributed by atoms with Crippen molar-refractivity contribution >= 4 is 22.3 Å². The monoisotopic (exact) mass is 388 g/mol. The number of likely N-dealkylation sites (N-methyl/N-ethyl adjacent to an activating group) is 2. The Morgan fingerprint density at radius 2 is 0.960 bits per heavy atom. The molecule has 0 aliphatic rings. The Morgan fingerprint density at radius 1 is 0.760 bits per heavy atom. The van der Waals surface area contributed by atoms with Crippen molar-refractivity contribution in [3.8, 4) is 0 Å². The number of carbonyl (C=O) groups excluding carboxylic acids is 2. The molecule has 0 amide bonds. The van der Waals surface area contributed by atoms with E-state index in [2.05, 4.69) is 42.3 Å². The molecule has 0 N–H and O–H groups in total. The van der Waals surface area contributed by atoms with Gasteiger partial charge in [0.15, 0.2) is 0 Å². The van der Waals surface area contributed by atoms with E-state index in [0.29, 0.717) is 13.2 Å². The third-order valence-electron chi connectivity index (χ3n) is 2.13. The molecule has 0 saturated heterocycles. The zero-order chi connectivity index (χ0) is 20.9. The fraction of sp³-hybridized carbons (Fsp3) is 0.857. The maximum Gasteiger partial charge on any atom is 0.302 e. The Hall–Kier alpha value is -1.27. The predicted molar refractivity (Wildman–Crippen MR) is 89.5 cm³/mol. The molecule has 0 aromatic carbocycles. The third kappa shape index (κ3) is 60.3. The summed E-state index contributed by atoms with van der Waals surface area (Å²) in [4.78, 5) is 20.6. The van der Waals surface area contributed by atoms with Gasteiger partial charge in [-0.3, -0.25) is 18.0 Å². The highest BCUT2D eigenvalue weighted by molar-refractivity contribution is 7.79. The summed E-state index contributed by atoms with van der Waals surface area (Å²) in [6.07, 6.45) is 0. The van der Waals surface area contributed by atoms with Gasteiger partial charge in [0.1, 0.15) is 26.3 Å². The van der Waals surface area contributed by atoms with E-state index in [1.54, 1.807) is 0 Å². The Kier molecular flexibility index (Phi) is 14.8. The van der Waals surface area contributed by atoms with Crippen molar-refractivity contribution in [3.63, 3.8) is 0 Å². The van der Waals surface area contributed by atoms with Crippen molar-refractivity contribution in [3.05, 3.63) is 0 Å². The van der Waals surface area contributed by atoms with E-state index in [1.165, 1.54) is 13.8 Å². The Bertz CT molecular complexity index is 440. The molecule has 25 heavy (non-hydrogen) atoms. The topological polar surface area (TPSA) is 133 Å². The van der Waals surface area contributed by atoms with Crippen LogP contribution in [0.1, 0.15) is 13.8 Å². The summed E-state index contributed by atoms with van der Waals surface area (Å²) in [5.41, 5.74) is 0. The van der Waals surface area contributed by atoms with Crippen LogP contribution in [-0.4, -0.2) is 107 Å². The van der Waals surface area contributed by atoms with Gasteiger partial charge in [0.2, 0.25) is 0 Å². The fourth-order valence-corrected chi connectivity index (χ4v) is 0.926. The van der Waals surface area contributed by atoms with Gasteiger partial charge in [0.25, 0.3) is 0 Å². The molecule has 11 heteroatoms. The molecule has 0 atom stereocenters. The first kappa shape index (κ1) is 28.5. The summed E-state index contributed by atoms with van der Waals surface area (Å²) < 4.78 is 45.3. The van der Waals surface area contributed by atoms with Gasteiger partial charge in [0, 0.05) is 24.2 Å². The standard InChI is InChI=1S/2C7H16NO2.H2O4S/c2*1-7(9)10-6-5-8(2,3)4;1-5(2,3)4/h2*5-6H2,1-4H3;(H2,1,2,3,4)/q2*+1;/p-2. The highest BCUT2D eigenvalue weighted by atomic mass is 32.3. The van der Waals surface area contributed by atoms with E-state index >= 15 is 0 Å². The van der Waals surface area contributed by atoms with E-state index in [1.807, 2.05) is 0 Å². The number of rotatable bonds is 6. The van der Waals surface area contributed by atoms with Crippen molar-refractivity contribution < 1.29 is 45.6 Å². The van der Waals surface area contributed by atoms with Gasteiger partial charge in [-0.1, -0.05) is 0 Å². The van der Waals surface area contributed by atoms with Crippen LogP contribution in [0.5, 0.6) is 0 Å². The Labute approximate surface area is 151 Å². The third-order valence-corrected chi connectivity index (χ3v) is 2.13. The van der Waals surface area contributed by atoms with Gasteiger partial charge >= 0.3 is 11.9 Å². The molecule has 0 aromatic heterocycles. The summed E-state index contributed by atoms with van der Waals surface area (Å²) >= 11 is 0. The normalized spacial score (nSPS) is 11.3. The molecule has 0 saturated carbocycles. The van der Waals surface area contributed by atoms with Crippen LogP contribution in [0, 0.1) is 0 Å². The molecule has 152 valence electrons. The van der Waals surface area contributed by atoms with Crippen LogP contribution in [-0.2, 0) is 29.5 Å². The molecule has 0 radical (unpaired) electrons. The average Bonchev–Trinajstić information content (AvgIpc) is 2.22. The molecule has 0 heterocycles. The minimum atomic E-state index is -5.17. The zero-order valence-electron chi connectivity index (χ0n) is 16.4. The van der Waals surface area contributed by atoms with Crippen LogP contribution in [0.4, 0.5) is 0 Å². The fourth-order valence-electron chi connectivity index (χ4n) is 0.926. The molecule has 0 rings (SSSR count). The minimum Gasteiger partial charge on any atom is -0.759 e. The molecule has 0 fully saturated rings. The number of hydrogen-bond acceptors (Lipinski definition) is 8. The highest BCUT2D eigenvalue weighted by Crippen LogP contribution is 1.89. The van der Waals surface area contributed by atoms with Crippen molar-refractivity contribution in [2.24, 2.45) is 0 Å². The van der Waals surface area contributed by atoms with Crippen LogP contribution in [0.15, 0.2) is 0 Å². The second kappa shape index (κ2) is 13.0. The lowest BCUT2D eigenvalue weighted by Gasteiger charge is -2.23. The molecule has 0 aromatic rings. The highest BCUT2D eigenvalue weighted by Gasteiger charge is 2.07. The van der Waals surface area contributed by atoms with Gasteiger partial charge in [0.05, 0.1) is 42.3 Å².